The molecule has 8 rings (SSSR count). The largest absolute Gasteiger partial charge is 0.356 e. The molecule has 0 radical (unpaired) electrons. The van der Waals surface area contributed by atoms with E-state index in [1.807, 2.05) is 108 Å². The summed E-state index contributed by atoms with van der Waals surface area (Å²) in [7, 11) is 5.28. The maximum Gasteiger partial charge on any atom is 0.245 e. The van der Waals surface area contributed by atoms with Gasteiger partial charge >= 0.3 is 0 Å². The van der Waals surface area contributed by atoms with Crippen LogP contribution < -0.4 is 5.32 Å². The minimum absolute atomic E-state index is 0.0947. The van der Waals surface area contributed by atoms with Crippen LogP contribution in [0.5, 0.6) is 0 Å². The number of nitrogens with zero attached hydrogens (tertiary/aromatic N) is 5. The molecule has 4 heterocycles. The van der Waals surface area contributed by atoms with Gasteiger partial charge in [-0.2, -0.15) is 0 Å². The monoisotopic (exact) mass is 802 g/mol. The molecule has 6 aromatic rings. The number of amides is 2. The summed E-state index contributed by atoms with van der Waals surface area (Å²) in [6, 6.07) is 34.3. The molecule has 4 N–H and O–H groups in total. The van der Waals surface area contributed by atoms with E-state index < -0.39 is 12.5 Å². The van der Waals surface area contributed by atoms with E-state index in [9.17, 15) is 14.7 Å². The molecule has 2 aromatic heterocycles. The lowest BCUT2D eigenvalue weighted by molar-refractivity contribution is -0.143. The van der Waals surface area contributed by atoms with Crippen molar-refractivity contribution in [3.05, 3.63) is 156 Å². The Bertz CT molecular complexity index is 2440. The molecule has 2 aliphatic rings. The van der Waals surface area contributed by atoms with Gasteiger partial charge in [0.15, 0.2) is 0 Å². The number of ether oxygens (including phenoxy) is 1. The van der Waals surface area contributed by atoms with Gasteiger partial charge in [-0.25, -0.2) is 9.97 Å². The molecular weight excluding hydrogens is 753 g/mol. The minimum atomic E-state index is -1.29. The van der Waals surface area contributed by atoms with Crippen LogP contribution in [-0.4, -0.2) is 92.3 Å². The second-order valence-electron chi connectivity index (χ2n) is 15.5. The van der Waals surface area contributed by atoms with E-state index in [4.69, 9.17) is 9.72 Å². The Hall–Kier alpha value is -6.36. The third-order valence-corrected chi connectivity index (χ3v) is 11.4. The minimum Gasteiger partial charge on any atom is -0.356 e. The van der Waals surface area contributed by atoms with Crippen molar-refractivity contribution in [2.24, 2.45) is 0 Å². The number of carbonyl (C=O) groups excluding carboxylic acids is 2. The van der Waals surface area contributed by atoms with Crippen molar-refractivity contribution in [2.75, 3.05) is 34.3 Å². The Kier molecular flexibility index (Phi) is 12.3. The zero-order valence-corrected chi connectivity index (χ0v) is 34.1. The predicted octanol–water partition coefficient (Wildman–Crippen LogP) is 6.75. The molecule has 2 aliphatic heterocycles. The molecule has 0 saturated carbocycles. The fourth-order valence-corrected chi connectivity index (χ4v) is 8.37. The molecule has 4 aromatic carbocycles. The zero-order chi connectivity index (χ0) is 41.6. The van der Waals surface area contributed by atoms with Crippen LogP contribution >= 0.6 is 0 Å². The van der Waals surface area contributed by atoms with E-state index in [0.717, 1.165) is 70.6 Å². The first-order valence-corrected chi connectivity index (χ1v) is 20.4. The average Bonchev–Trinajstić information content (AvgIpc) is 4.13. The van der Waals surface area contributed by atoms with Gasteiger partial charge in [0.2, 0.25) is 18.2 Å². The number of H-pyrrole nitrogens is 2. The number of aliphatic hydroxyl groups excluding tert-OH is 1. The van der Waals surface area contributed by atoms with E-state index >= 15 is 0 Å². The van der Waals surface area contributed by atoms with Gasteiger partial charge in [0.05, 0.1) is 30.2 Å². The quantitative estimate of drug-likeness (QED) is 0.0787. The van der Waals surface area contributed by atoms with Crippen molar-refractivity contribution in [1.29, 1.82) is 0 Å². The van der Waals surface area contributed by atoms with Gasteiger partial charge < -0.3 is 29.6 Å². The highest BCUT2D eigenvalue weighted by Crippen LogP contribution is 2.36. The van der Waals surface area contributed by atoms with E-state index in [1.165, 1.54) is 7.11 Å². The SMILES string of the molecule is COC(O)NC(C(=O)N1CCCC1c1ncc(C#Cc2ccc(-c3ccc(-c4cnc(C5CCCN5C(=O)C(c5ccccc5)N(C)C)[nH]4)cc3)cc2)[nH]1)c1ccccc1. The number of hydrogen-bond donors (Lipinski definition) is 4. The van der Waals surface area contributed by atoms with Gasteiger partial charge in [0.25, 0.3) is 0 Å². The Morgan fingerprint density at radius 3 is 1.90 bits per heavy atom. The average molecular weight is 803 g/mol. The van der Waals surface area contributed by atoms with Crippen molar-refractivity contribution < 1.29 is 19.4 Å². The molecule has 0 bridgehead atoms. The fourth-order valence-electron chi connectivity index (χ4n) is 8.37. The summed E-state index contributed by atoms with van der Waals surface area (Å²) in [5.41, 5.74) is 7.34. The zero-order valence-electron chi connectivity index (χ0n) is 34.1. The van der Waals surface area contributed by atoms with E-state index in [-0.39, 0.29) is 29.9 Å². The van der Waals surface area contributed by atoms with Crippen LogP contribution in [0.2, 0.25) is 0 Å². The van der Waals surface area contributed by atoms with Gasteiger partial charge in [0, 0.05) is 25.8 Å². The maximum atomic E-state index is 13.9. The molecule has 0 spiro atoms. The predicted molar refractivity (Wildman–Crippen MR) is 230 cm³/mol. The van der Waals surface area contributed by atoms with E-state index in [1.54, 1.807) is 6.20 Å². The molecule has 12 nitrogen and oxygen atoms in total. The number of aromatic amines is 2. The summed E-state index contributed by atoms with van der Waals surface area (Å²) >= 11 is 0. The molecule has 0 aliphatic carbocycles. The summed E-state index contributed by atoms with van der Waals surface area (Å²) in [6.07, 6.45) is 5.68. The first kappa shape index (κ1) is 40.4. The number of aromatic nitrogens is 4. The summed E-state index contributed by atoms with van der Waals surface area (Å²) in [5, 5.41) is 13.1. The molecule has 306 valence electrons. The van der Waals surface area contributed by atoms with Crippen molar-refractivity contribution in [1.82, 2.24) is 40.0 Å². The van der Waals surface area contributed by atoms with Crippen LogP contribution in [0.1, 0.15) is 83.9 Å². The number of aliphatic hydroxyl groups is 1. The molecule has 2 amide bonds. The maximum absolute atomic E-state index is 13.9. The smallest absolute Gasteiger partial charge is 0.245 e. The topological polar surface area (TPSA) is 143 Å². The number of imidazole rings is 2. The molecule has 60 heavy (non-hydrogen) atoms. The van der Waals surface area contributed by atoms with Gasteiger partial charge in [-0.05, 0) is 85.6 Å². The van der Waals surface area contributed by atoms with Crippen LogP contribution in [-0.2, 0) is 14.3 Å². The lowest BCUT2D eigenvalue weighted by atomic mass is 10.0. The Morgan fingerprint density at radius 1 is 0.733 bits per heavy atom. The van der Waals surface area contributed by atoms with Crippen LogP contribution in [0.15, 0.2) is 122 Å². The number of methoxy groups -OCH3 is 1. The molecule has 2 saturated heterocycles. The van der Waals surface area contributed by atoms with Crippen LogP contribution in [0.3, 0.4) is 0 Å². The Morgan fingerprint density at radius 2 is 1.28 bits per heavy atom. The van der Waals surface area contributed by atoms with Gasteiger partial charge in [0.1, 0.15) is 29.4 Å². The number of benzene rings is 4. The summed E-state index contributed by atoms with van der Waals surface area (Å²) in [6.45, 7) is 1.29. The molecular formula is C48H50N8O4. The van der Waals surface area contributed by atoms with Crippen molar-refractivity contribution >= 4 is 11.8 Å². The highest BCUT2D eigenvalue weighted by molar-refractivity contribution is 5.84. The van der Waals surface area contributed by atoms with Gasteiger partial charge in [-0.3, -0.25) is 19.8 Å². The number of hydrogen-bond acceptors (Lipinski definition) is 8. The standard InChI is InChI=1S/C48H50N8O4/c1-54(2)43(37-14-8-5-9-15-37)47(58)56-29-11-17-41(56)45-50-31-39(52-45)35-25-23-34(24-26-35)33-21-18-32(19-22-33)20-27-38-30-49-44(51-38)40-16-10-28-55(40)46(57)42(53-48(59)60-3)36-12-6-4-7-13-36/h4-9,12-15,18-19,21-26,30-31,40-43,48,53,59H,10-11,16-17,28-29H2,1-3H3,(H,49,51)(H,50,52). The van der Waals surface area contributed by atoms with E-state index in [2.05, 4.69) is 68.5 Å². The first-order valence-electron chi connectivity index (χ1n) is 20.4. The van der Waals surface area contributed by atoms with Crippen LogP contribution in [0, 0.1) is 11.8 Å². The number of nitrogens with one attached hydrogen (secondary N) is 3. The molecule has 12 heteroatoms. The lowest BCUT2D eigenvalue weighted by Crippen LogP contribution is -2.44. The van der Waals surface area contributed by atoms with Gasteiger partial charge in [-0.1, -0.05) is 103 Å². The second kappa shape index (κ2) is 18.3. The third-order valence-electron chi connectivity index (χ3n) is 11.4. The fraction of sp³-hybridized carbons (Fsp3) is 0.292. The van der Waals surface area contributed by atoms with Crippen LogP contribution in [0.25, 0.3) is 22.4 Å². The molecule has 5 atom stereocenters. The number of likely N-dealkylation sites (N-methyl/N-ethyl adjacent to an activating group) is 1. The third kappa shape index (κ3) is 8.80. The second-order valence-corrected chi connectivity index (χ2v) is 15.5. The molecule has 2 fully saturated rings. The number of rotatable bonds is 12. The molecule has 5 unspecified atom stereocenters. The van der Waals surface area contributed by atoms with Crippen molar-refractivity contribution in [3.8, 4) is 34.2 Å². The Balaban J connectivity index is 0.902. The highest BCUT2D eigenvalue weighted by atomic mass is 16.6. The summed E-state index contributed by atoms with van der Waals surface area (Å²) in [4.78, 5) is 49.8. The first-order chi connectivity index (χ1) is 29.3. The summed E-state index contributed by atoms with van der Waals surface area (Å²) < 4.78 is 5.01. The van der Waals surface area contributed by atoms with Crippen LogP contribution in [0.4, 0.5) is 0 Å². The lowest BCUT2D eigenvalue weighted by Gasteiger charge is -2.31. The summed E-state index contributed by atoms with van der Waals surface area (Å²) in [5.74, 6) is 7.87. The van der Waals surface area contributed by atoms with E-state index in [0.29, 0.717) is 24.6 Å². The number of likely N-dealkylation sites (tertiary alicyclic amines) is 2. The van der Waals surface area contributed by atoms with Gasteiger partial charge in [-0.15, -0.1) is 0 Å². The Labute approximate surface area is 350 Å². The van der Waals surface area contributed by atoms with Crippen molar-refractivity contribution in [2.45, 2.75) is 56.3 Å². The highest BCUT2D eigenvalue weighted by Gasteiger charge is 2.38. The number of carbonyl (C=O) groups is 2. The van der Waals surface area contributed by atoms with Crippen molar-refractivity contribution in [3.63, 3.8) is 0 Å². The normalized spacial score (nSPS) is 17.9.